The van der Waals surface area contributed by atoms with Gasteiger partial charge in [-0.05, 0) is 79.8 Å². The predicted octanol–water partition coefficient (Wildman–Crippen LogP) is 4.31. The molecule has 0 spiro atoms. The molecule has 1 aromatic rings. The van der Waals surface area contributed by atoms with E-state index in [1.165, 1.54) is 5.57 Å². The monoisotopic (exact) mass is 380 g/mol. The van der Waals surface area contributed by atoms with Crippen molar-refractivity contribution >= 4 is 11.9 Å². The molecule has 1 aromatic heterocycles. The van der Waals surface area contributed by atoms with E-state index in [-0.39, 0.29) is 16.9 Å². The number of carbonyl (C=O) groups is 1. The van der Waals surface area contributed by atoms with Crippen LogP contribution in [0.1, 0.15) is 64.4 Å². The zero-order chi connectivity index (χ0) is 19.7. The Bertz CT molecular complexity index is 881. The highest BCUT2D eigenvalue weighted by Crippen LogP contribution is 2.64. The molecule has 6 atom stereocenters. The van der Waals surface area contributed by atoms with E-state index in [0.717, 1.165) is 56.1 Å². The van der Waals surface area contributed by atoms with Crippen molar-refractivity contribution in [2.45, 2.75) is 64.9 Å². The predicted molar refractivity (Wildman–Crippen MR) is 109 cm³/mol. The van der Waals surface area contributed by atoms with Crippen LogP contribution in [-0.2, 0) is 11.8 Å². The minimum absolute atomic E-state index is 0.160. The van der Waals surface area contributed by atoms with Crippen LogP contribution in [0.5, 0.6) is 0 Å². The van der Waals surface area contributed by atoms with Crippen LogP contribution in [0, 0.1) is 28.6 Å². The van der Waals surface area contributed by atoms with E-state index in [1.54, 1.807) is 4.68 Å². The lowest BCUT2D eigenvalue weighted by Crippen LogP contribution is -2.50. The van der Waals surface area contributed by atoms with E-state index in [0.29, 0.717) is 23.5 Å². The number of carbonyl (C=O) groups excluding carboxylic acids is 1. The van der Waals surface area contributed by atoms with Gasteiger partial charge in [-0.1, -0.05) is 25.5 Å². The smallest absolute Gasteiger partial charge is 0.165 e. The van der Waals surface area contributed by atoms with Gasteiger partial charge in [0.15, 0.2) is 5.78 Å². The molecule has 0 radical (unpaired) electrons. The lowest BCUT2D eigenvalue weighted by Gasteiger charge is -2.56. The largest absolute Gasteiger partial charge is 0.393 e. The molecule has 28 heavy (non-hydrogen) atoms. The summed E-state index contributed by atoms with van der Waals surface area (Å²) in [5.74, 6) is 2.07. The topological polar surface area (TPSA) is 55.1 Å². The molecule has 150 valence electrons. The van der Waals surface area contributed by atoms with Crippen molar-refractivity contribution in [2.24, 2.45) is 35.6 Å². The number of hydrogen-bond donors (Lipinski definition) is 1. The molecule has 0 bridgehead atoms. The molecule has 5 rings (SSSR count). The van der Waals surface area contributed by atoms with Crippen molar-refractivity contribution in [1.82, 2.24) is 9.78 Å². The first-order valence-electron chi connectivity index (χ1n) is 10.9. The summed E-state index contributed by atoms with van der Waals surface area (Å²) in [7, 11) is 1.91. The zero-order valence-electron chi connectivity index (χ0n) is 17.3. The summed E-state index contributed by atoms with van der Waals surface area (Å²) in [5.41, 5.74) is 3.54. The van der Waals surface area contributed by atoms with Gasteiger partial charge in [-0.25, -0.2) is 0 Å². The normalized spacial score (nSPS) is 44.1. The standard InChI is InChI=1S/C24H32N2O2/c1-23-8-6-18(27)12-17(23)4-5-19-20(23)7-9-24(2)21(19)11-16(22(24)28)10-15-13-25-26(3)14-15/h4,10,13-14,18-21,27H,5-9,11-12H2,1-3H3. The van der Waals surface area contributed by atoms with E-state index < -0.39 is 0 Å². The van der Waals surface area contributed by atoms with E-state index in [4.69, 9.17) is 0 Å². The van der Waals surface area contributed by atoms with Gasteiger partial charge in [-0.3, -0.25) is 9.48 Å². The molecule has 0 amide bonds. The maximum absolute atomic E-state index is 13.4. The van der Waals surface area contributed by atoms with Crippen LogP contribution >= 0.6 is 0 Å². The van der Waals surface area contributed by atoms with E-state index >= 15 is 0 Å². The Labute approximate surface area is 167 Å². The number of nitrogens with zero attached hydrogens (tertiary/aromatic N) is 2. The molecular weight excluding hydrogens is 348 g/mol. The molecular formula is C24H32N2O2. The molecule has 3 fully saturated rings. The Morgan fingerprint density at radius 3 is 2.71 bits per heavy atom. The second-order valence-corrected chi connectivity index (χ2v) is 10.3. The average Bonchev–Trinajstić information content (AvgIpc) is 3.18. The molecule has 3 saturated carbocycles. The van der Waals surface area contributed by atoms with Gasteiger partial charge in [0.1, 0.15) is 0 Å². The minimum Gasteiger partial charge on any atom is -0.393 e. The maximum atomic E-state index is 13.4. The summed E-state index contributed by atoms with van der Waals surface area (Å²) in [4.78, 5) is 13.4. The number of aromatic nitrogens is 2. The summed E-state index contributed by atoms with van der Waals surface area (Å²) >= 11 is 0. The summed E-state index contributed by atoms with van der Waals surface area (Å²) in [6.07, 6.45) is 15.2. The second-order valence-electron chi connectivity index (χ2n) is 10.3. The zero-order valence-corrected chi connectivity index (χ0v) is 17.3. The van der Waals surface area contributed by atoms with Gasteiger partial charge in [0.05, 0.1) is 12.3 Å². The van der Waals surface area contributed by atoms with E-state index in [9.17, 15) is 9.90 Å². The molecule has 1 N–H and O–H groups in total. The average molecular weight is 381 g/mol. The number of fused-ring (bicyclic) bond motifs is 5. The molecule has 4 aliphatic rings. The summed E-state index contributed by atoms with van der Waals surface area (Å²) < 4.78 is 1.79. The fourth-order valence-electron chi connectivity index (χ4n) is 7.16. The van der Waals surface area contributed by atoms with Crippen molar-refractivity contribution in [3.63, 3.8) is 0 Å². The minimum atomic E-state index is -0.203. The van der Waals surface area contributed by atoms with Crippen molar-refractivity contribution in [3.8, 4) is 0 Å². The highest BCUT2D eigenvalue weighted by Gasteiger charge is 2.59. The van der Waals surface area contributed by atoms with Crippen LogP contribution in [0.4, 0.5) is 0 Å². The number of aliphatic hydroxyl groups excluding tert-OH is 1. The van der Waals surface area contributed by atoms with E-state index in [1.807, 2.05) is 19.4 Å². The fourth-order valence-corrected chi connectivity index (χ4v) is 7.16. The molecule has 0 saturated heterocycles. The first kappa shape index (κ1) is 18.4. The number of aryl methyl sites for hydroxylation is 1. The number of ketones is 1. The molecule has 1 heterocycles. The third-order valence-electron chi connectivity index (χ3n) is 8.78. The number of Topliss-reactive ketones (excluding diaryl/α,β-unsaturated/α-hetero) is 1. The summed E-state index contributed by atoms with van der Waals surface area (Å²) in [5, 5.41) is 14.4. The molecule has 4 nitrogen and oxygen atoms in total. The highest BCUT2D eigenvalue weighted by molar-refractivity contribution is 6.05. The number of aliphatic hydroxyl groups is 1. The van der Waals surface area contributed by atoms with Crippen molar-refractivity contribution < 1.29 is 9.90 Å². The third-order valence-corrected chi connectivity index (χ3v) is 8.78. The van der Waals surface area contributed by atoms with Crippen molar-refractivity contribution in [2.75, 3.05) is 0 Å². The van der Waals surface area contributed by atoms with Gasteiger partial charge in [0.2, 0.25) is 0 Å². The fraction of sp³-hybridized carbons (Fsp3) is 0.667. The maximum Gasteiger partial charge on any atom is 0.165 e. The van der Waals surface area contributed by atoms with Gasteiger partial charge in [-0.2, -0.15) is 5.10 Å². The number of hydrogen-bond acceptors (Lipinski definition) is 3. The Morgan fingerprint density at radius 2 is 1.96 bits per heavy atom. The van der Waals surface area contributed by atoms with Crippen molar-refractivity contribution in [1.29, 1.82) is 0 Å². The molecule has 0 aromatic carbocycles. The molecule has 4 aliphatic carbocycles. The van der Waals surface area contributed by atoms with Crippen molar-refractivity contribution in [3.05, 3.63) is 35.2 Å². The molecule has 4 heteroatoms. The molecule has 0 aliphatic heterocycles. The quantitative estimate of drug-likeness (QED) is 0.583. The second kappa shape index (κ2) is 6.16. The van der Waals surface area contributed by atoms with Crippen LogP contribution in [0.15, 0.2) is 29.6 Å². The van der Waals surface area contributed by atoms with Crippen LogP contribution in [0.3, 0.4) is 0 Å². The highest BCUT2D eigenvalue weighted by atomic mass is 16.3. The van der Waals surface area contributed by atoms with Gasteiger partial charge in [0, 0.05) is 24.2 Å². The lowest BCUT2D eigenvalue weighted by molar-refractivity contribution is -0.130. The SMILES string of the molecule is Cn1cc(C=C2CC3C4CC=C5CC(O)CCC5(C)C4CCC3(C)C2=O)cn1. The first-order chi connectivity index (χ1) is 13.3. The van der Waals surface area contributed by atoms with Crippen LogP contribution in [0.25, 0.3) is 6.08 Å². The number of rotatable bonds is 1. The van der Waals surface area contributed by atoms with Crippen LogP contribution < -0.4 is 0 Å². The van der Waals surface area contributed by atoms with Gasteiger partial charge in [-0.15, -0.1) is 0 Å². The Morgan fingerprint density at radius 1 is 1.18 bits per heavy atom. The van der Waals surface area contributed by atoms with E-state index in [2.05, 4.69) is 31.1 Å². The van der Waals surface area contributed by atoms with Gasteiger partial charge in [0.25, 0.3) is 0 Å². The summed E-state index contributed by atoms with van der Waals surface area (Å²) in [6.45, 7) is 4.67. The summed E-state index contributed by atoms with van der Waals surface area (Å²) in [6, 6.07) is 0. The Hall–Kier alpha value is -1.68. The van der Waals surface area contributed by atoms with Crippen LogP contribution in [-0.4, -0.2) is 26.8 Å². The first-order valence-corrected chi connectivity index (χ1v) is 10.9. The van der Waals surface area contributed by atoms with Crippen LogP contribution in [0.2, 0.25) is 0 Å². The lowest BCUT2D eigenvalue weighted by atomic mass is 9.48. The Kier molecular flexibility index (Phi) is 4.04. The third kappa shape index (κ3) is 2.53. The van der Waals surface area contributed by atoms with Gasteiger partial charge < -0.3 is 5.11 Å². The van der Waals surface area contributed by atoms with Gasteiger partial charge >= 0.3 is 0 Å². The Balaban J connectivity index is 1.48. The molecule has 6 unspecified atom stereocenters. The number of allylic oxidation sites excluding steroid dienone is 2.